The van der Waals surface area contributed by atoms with Gasteiger partial charge in [0.25, 0.3) is 5.91 Å². The van der Waals surface area contributed by atoms with Gasteiger partial charge < -0.3 is 14.8 Å². The first-order chi connectivity index (χ1) is 13.7. The van der Waals surface area contributed by atoms with Crippen LogP contribution < -0.4 is 14.8 Å². The summed E-state index contributed by atoms with van der Waals surface area (Å²) in [5, 5.41) is 7.42. The predicted molar refractivity (Wildman–Crippen MR) is 106 cm³/mol. The van der Waals surface area contributed by atoms with Crippen molar-refractivity contribution in [1.29, 1.82) is 0 Å². The molecule has 0 radical (unpaired) electrons. The third-order valence-corrected chi connectivity index (χ3v) is 4.79. The molecule has 2 aromatic carbocycles. The highest BCUT2D eigenvalue weighted by Crippen LogP contribution is 2.30. The number of nitrogens with one attached hydrogen (secondary N) is 1. The Morgan fingerprint density at radius 2 is 1.86 bits per heavy atom. The second-order valence-electron chi connectivity index (χ2n) is 6.77. The molecule has 1 amide bonds. The largest absolute Gasteiger partial charge is 0.486 e. The van der Waals surface area contributed by atoms with Gasteiger partial charge in [-0.3, -0.25) is 4.79 Å². The Hall–Kier alpha value is -3.28. The van der Waals surface area contributed by atoms with E-state index in [2.05, 4.69) is 10.4 Å². The molecular formula is C22H23N3O3. The van der Waals surface area contributed by atoms with Crippen molar-refractivity contribution in [3.8, 4) is 17.2 Å². The lowest BCUT2D eigenvalue weighted by molar-refractivity contribution is 0.0950. The van der Waals surface area contributed by atoms with E-state index in [9.17, 15) is 4.79 Å². The van der Waals surface area contributed by atoms with E-state index in [1.807, 2.05) is 61.0 Å². The van der Waals surface area contributed by atoms with Gasteiger partial charge in [0.2, 0.25) is 0 Å². The van der Waals surface area contributed by atoms with E-state index in [0.717, 1.165) is 28.4 Å². The van der Waals surface area contributed by atoms with E-state index in [1.165, 1.54) is 5.56 Å². The number of rotatable bonds is 5. The molecule has 0 saturated heterocycles. The minimum Gasteiger partial charge on any atom is -0.486 e. The lowest BCUT2D eigenvalue weighted by Gasteiger charge is -2.19. The SMILES string of the molecule is CCc1c(C(=O)NCc2ccc3c(c2)OCCO3)cnn1-c1ccc(C)cc1. The Morgan fingerprint density at radius 1 is 1.11 bits per heavy atom. The van der Waals surface area contributed by atoms with E-state index < -0.39 is 0 Å². The van der Waals surface area contributed by atoms with E-state index >= 15 is 0 Å². The summed E-state index contributed by atoms with van der Waals surface area (Å²) in [6.07, 6.45) is 2.35. The van der Waals surface area contributed by atoms with E-state index in [-0.39, 0.29) is 5.91 Å². The van der Waals surface area contributed by atoms with Crippen molar-refractivity contribution >= 4 is 5.91 Å². The minimum atomic E-state index is -0.134. The number of carbonyl (C=O) groups excluding carboxylic acids is 1. The quantitative estimate of drug-likeness (QED) is 0.740. The first-order valence-electron chi connectivity index (χ1n) is 9.46. The Bertz CT molecular complexity index is 993. The van der Waals surface area contributed by atoms with Crippen LogP contribution >= 0.6 is 0 Å². The summed E-state index contributed by atoms with van der Waals surface area (Å²) < 4.78 is 13.0. The lowest BCUT2D eigenvalue weighted by Crippen LogP contribution is -2.24. The van der Waals surface area contributed by atoms with Gasteiger partial charge in [-0.05, 0) is 43.2 Å². The van der Waals surface area contributed by atoms with Crippen molar-refractivity contribution in [2.24, 2.45) is 0 Å². The van der Waals surface area contributed by atoms with Crippen molar-refractivity contribution < 1.29 is 14.3 Å². The first-order valence-corrected chi connectivity index (χ1v) is 9.46. The van der Waals surface area contributed by atoms with Crippen LogP contribution in [0.1, 0.15) is 34.1 Å². The maximum absolute atomic E-state index is 12.8. The van der Waals surface area contributed by atoms with Gasteiger partial charge in [0.05, 0.1) is 23.1 Å². The summed E-state index contributed by atoms with van der Waals surface area (Å²) in [6, 6.07) is 13.8. The number of ether oxygens (including phenoxy) is 2. The standard InChI is InChI=1S/C22H23N3O3/c1-3-19-18(14-24-25(19)17-7-4-15(2)5-8-17)22(26)23-13-16-6-9-20-21(12-16)28-11-10-27-20/h4-9,12,14H,3,10-11,13H2,1-2H3,(H,23,26). The molecule has 0 saturated carbocycles. The topological polar surface area (TPSA) is 65.4 Å². The average Bonchev–Trinajstić information content (AvgIpc) is 3.16. The summed E-state index contributed by atoms with van der Waals surface area (Å²) in [5.74, 6) is 1.33. The van der Waals surface area contributed by atoms with E-state index in [1.54, 1.807) is 6.20 Å². The Balaban J connectivity index is 1.50. The van der Waals surface area contributed by atoms with Crippen LogP contribution in [0.3, 0.4) is 0 Å². The predicted octanol–water partition coefficient (Wildman–Crippen LogP) is 3.44. The first kappa shape index (κ1) is 18.1. The molecule has 6 heteroatoms. The van der Waals surface area contributed by atoms with Crippen molar-refractivity contribution in [3.63, 3.8) is 0 Å². The van der Waals surface area contributed by atoms with Crippen molar-refractivity contribution in [1.82, 2.24) is 15.1 Å². The van der Waals surface area contributed by atoms with Gasteiger partial charge >= 0.3 is 0 Å². The minimum absolute atomic E-state index is 0.134. The zero-order valence-electron chi connectivity index (χ0n) is 16.1. The fourth-order valence-corrected chi connectivity index (χ4v) is 3.29. The second kappa shape index (κ2) is 7.76. The molecule has 1 N–H and O–H groups in total. The highest BCUT2D eigenvalue weighted by Gasteiger charge is 2.18. The fraction of sp³-hybridized carbons (Fsp3) is 0.273. The molecule has 0 unspecified atom stereocenters. The lowest BCUT2D eigenvalue weighted by atomic mass is 10.1. The zero-order valence-corrected chi connectivity index (χ0v) is 16.1. The van der Waals surface area contributed by atoms with Gasteiger partial charge in [0, 0.05) is 6.54 Å². The maximum Gasteiger partial charge on any atom is 0.255 e. The summed E-state index contributed by atoms with van der Waals surface area (Å²) >= 11 is 0. The summed E-state index contributed by atoms with van der Waals surface area (Å²) in [7, 11) is 0. The smallest absolute Gasteiger partial charge is 0.255 e. The Morgan fingerprint density at radius 3 is 2.61 bits per heavy atom. The molecule has 0 aliphatic carbocycles. The van der Waals surface area contributed by atoms with Crippen LogP contribution in [0.25, 0.3) is 5.69 Å². The molecular weight excluding hydrogens is 354 g/mol. The van der Waals surface area contributed by atoms with Crippen LogP contribution in [0.4, 0.5) is 0 Å². The van der Waals surface area contributed by atoms with Crippen LogP contribution in [0.15, 0.2) is 48.7 Å². The summed E-state index contributed by atoms with van der Waals surface area (Å²) in [4.78, 5) is 12.8. The van der Waals surface area contributed by atoms with Gasteiger partial charge in [-0.2, -0.15) is 5.10 Å². The van der Waals surface area contributed by atoms with Crippen LogP contribution in [-0.2, 0) is 13.0 Å². The number of benzene rings is 2. The van der Waals surface area contributed by atoms with E-state index in [4.69, 9.17) is 9.47 Å². The third-order valence-electron chi connectivity index (χ3n) is 4.79. The molecule has 0 spiro atoms. The molecule has 4 rings (SSSR count). The second-order valence-corrected chi connectivity index (χ2v) is 6.77. The molecule has 0 atom stereocenters. The normalized spacial score (nSPS) is 12.6. The molecule has 2 heterocycles. The van der Waals surface area contributed by atoms with Crippen molar-refractivity contribution in [3.05, 3.63) is 71.0 Å². The van der Waals surface area contributed by atoms with Gasteiger partial charge in [-0.15, -0.1) is 0 Å². The molecule has 144 valence electrons. The number of hydrogen-bond donors (Lipinski definition) is 1. The van der Waals surface area contributed by atoms with Gasteiger partial charge in [0.1, 0.15) is 13.2 Å². The van der Waals surface area contributed by atoms with E-state index in [0.29, 0.717) is 31.7 Å². The maximum atomic E-state index is 12.8. The van der Waals surface area contributed by atoms with Gasteiger partial charge in [-0.1, -0.05) is 30.7 Å². The van der Waals surface area contributed by atoms with Crippen LogP contribution in [0.5, 0.6) is 11.5 Å². The van der Waals surface area contributed by atoms with Crippen LogP contribution in [0.2, 0.25) is 0 Å². The van der Waals surface area contributed by atoms with Crippen LogP contribution in [-0.4, -0.2) is 28.9 Å². The third kappa shape index (κ3) is 3.58. The molecule has 1 aromatic heterocycles. The number of carbonyl (C=O) groups is 1. The number of amides is 1. The molecule has 6 nitrogen and oxygen atoms in total. The van der Waals surface area contributed by atoms with Crippen molar-refractivity contribution in [2.45, 2.75) is 26.8 Å². The number of aromatic nitrogens is 2. The molecule has 1 aliphatic rings. The number of nitrogens with zero attached hydrogens (tertiary/aromatic N) is 2. The molecule has 1 aliphatic heterocycles. The molecule has 28 heavy (non-hydrogen) atoms. The summed E-state index contributed by atoms with van der Waals surface area (Å²) in [6.45, 7) is 5.59. The number of aryl methyl sites for hydroxylation is 1. The Labute approximate surface area is 164 Å². The fourth-order valence-electron chi connectivity index (χ4n) is 3.29. The van der Waals surface area contributed by atoms with Crippen molar-refractivity contribution in [2.75, 3.05) is 13.2 Å². The monoisotopic (exact) mass is 377 g/mol. The van der Waals surface area contributed by atoms with Gasteiger partial charge in [-0.25, -0.2) is 4.68 Å². The van der Waals surface area contributed by atoms with Crippen LogP contribution in [0, 0.1) is 6.92 Å². The van der Waals surface area contributed by atoms with Gasteiger partial charge in [0.15, 0.2) is 11.5 Å². The molecule has 3 aromatic rings. The molecule has 0 bridgehead atoms. The number of fused-ring (bicyclic) bond motifs is 1. The average molecular weight is 377 g/mol. The highest BCUT2D eigenvalue weighted by molar-refractivity contribution is 5.95. The highest BCUT2D eigenvalue weighted by atomic mass is 16.6. The number of hydrogen-bond acceptors (Lipinski definition) is 4. The summed E-state index contributed by atoms with van der Waals surface area (Å²) in [5.41, 5.74) is 4.59. The Kier molecular flexibility index (Phi) is 5.02. The zero-order chi connectivity index (χ0) is 19.5. The molecule has 0 fully saturated rings.